The quantitative estimate of drug-likeness (QED) is 0.888. The Morgan fingerprint density at radius 2 is 2.21 bits per heavy atom. The number of amides is 1. The van der Waals surface area contributed by atoms with Crippen LogP contribution in [0.5, 0.6) is 0 Å². The molecule has 1 aromatic rings. The molecule has 1 heterocycles. The molecule has 0 aliphatic carbocycles. The molecule has 1 amide bonds. The molecule has 1 aliphatic heterocycles. The number of aryl methyl sites for hydroxylation is 1. The lowest BCUT2D eigenvalue weighted by molar-refractivity contribution is 0.0880. The summed E-state index contributed by atoms with van der Waals surface area (Å²) in [6.07, 6.45) is 0.914. The van der Waals surface area contributed by atoms with E-state index in [4.69, 9.17) is 0 Å². The molecule has 4 heteroatoms. The summed E-state index contributed by atoms with van der Waals surface area (Å²) in [6, 6.07) is 4.84. The molecule has 0 bridgehead atoms. The van der Waals surface area contributed by atoms with E-state index in [1.807, 2.05) is 6.92 Å². The largest absolute Gasteiger partial charge is 0.349 e. The zero-order chi connectivity index (χ0) is 14.0. The maximum atomic E-state index is 13.7. The SMILES string of the molecule is Cc1ccc(C(=O)NC2CCN(C)CC2C)c(F)c1. The van der Waals surface area contributed by atoms with Gasteiger partial charge in [-0.15, -0.1) is 0 Å². The third-order valence-corrected chi connectivity index (χ3v) is 3.79. The van der Waals surface area contributed by atoms with E-state index in [1.54, 1.807) is 12.1 Å². The number of rotatable bonds is 2. The molecule has 1 fully saturated rings. The fourth-order valence-corrected chi connectivity index (χ4v) is 2.62. The predicted octanol–water partition coefficient (Wildman–Crippen LogP) is 2.20. The maximum absolute atomic E-state index is 13.7. The minimum Gasteiger partial charge on any atom is -0.349 e. The van der Waals surface area contributed by atoms with E-state index in [1.165, 1.54) is 6.07 Å². The van der Waals surface area contributed by atoms with Gasteiger partial charge < -0.3 is 10.2 Å². The van der Waals surface area contributed by atoms with Gasteiger partial charge in [0.05, 0.1) is 5.56 Å². The van der Waals surface area contributed by atoms with Crippen molar-refractivity contribution in [3.63, 3.8) is 0 Å². The molecule has 0 aromatic heterocycles. The van der Waals surface area contributed by atoms with E-state index in [0.717, 1.165) is 25.1 Å². The molecule has 3 nitrogen and oxygen atoms in total. The summed E-state index contributed by atoms with van der Waals surface area (Å²) in [6.45, 7) is 5.85. The molecule has 1 N–H and O–H groups in total. The highest BCUT2D eigenvalue weighted by molar-refractivity contribution is 5.94. The van der Waals surface area contributed by atoms with Crippen LogP contribution in [0.3, 0.4) is 0 Å². The summed E-state index contributed by atoms with van der Waals surface area (Å²) in [5, 5.41) is 2.96. The van der Waals surface area contributed by atoms with Gasteiger partial charge in [-0.1, -0.05) is 13.0 Å². The van der Waals surface area contributed by atoms with Crippen LogP contribution < -0.4 is 5.32 Å². The van der Waals surface area contributed by atoms with Crippen LogP contribution in [0.4, 0.5) is 4.39 Å². The Balaban J connectivity index is 2.04. The van der Waals surface area contributed by atoms with E-state index >= 15 is 0 Å². The normalized spacial score (nSPS) is 24.2. The van der Waals surface area contributed by atoms with E-state index < -0.39 is 5.82 Å². The van der Waals surface area contributed by atoms with Crippen molar-refractivity contribution in [2.24, 2.45) is 5.92 Å². The second-order valence-electron chi connectivity index (χ2n) is 5.59. The number of halogens is 1. The van der Waals surface area contributed by atoms with Crippen molar-refractivity contribution in [3.05, 3.63) is 35.1 Å². The highest BCUT2D eigenvalue weighted by Gasteiger charge is 2.26. The second kappa shape index (κ2) is 5.70. The first kappa shape index (κ1) is 14.0. The Hall–Kier alpha value is -1.42. The molecule has 2 unspecified atom stereocenters. The van der Waals surface area contributed by atoms with Gasteiger partial charge in [0.1, 0.15) is 5.82 Å². The number of likely N-dealkylation sites (tertiary alicyclic amines) is 1. The van der Waals surface area contributed by atoms with Gasteiger partial charge in [-0.2, -0.15) is 0 Å². The first-order valence-electron chi connectivity index (χ1n) is 6.73. The molecule has 2 rings (SSSR count). The summed E-state index contributed by atoms with van der Waals surface area (Å²) in [4.78, 5) is 14.4. The monoisotopic (exact) mass is 264 g/mol. The Kier molecular flexibility index (Phi) is 4.20. The van der Waals surface area contributed by atoms with Crippen molar-refractivity contribution in [1.29, 1.82) is 0 Å². The van der Waals surface area contributed by atoms with Crippen molar-refractivity contribution in [2.75, 3.05) is 20.1 Å². The highest BCUT2D eigenvalue weighted by atomic mass is 19.1. The van der Waals surface area contributed by atoms with Crippen molar-refractivity contribution >= 4 is 5.91 Å². The van der Waals surface area contributed by atoms with Crippen molar-refractivity contribution < 1.29 is 9.18 Å². The third-order valence-electron chi connectivity index (χ3n) is 3.79. The van der Waals surface area contributed by atoms with Crippen LogP contribution in [0.2, 0.25) is 0 Å². The van der Waals surface area contributed by atoms with Crippen molar-refractivity contribution in [2.45, 2.75) is 26.3 Å². The van der Waals surface area contributed by atoms with Crippen molar-refractivity contribution in [3.8, 4) is 0 Å². The highest BCUT2D eigenvalue weighted by Crippen LogP contribution is 2.17. The molecule has 1 aliphatic rings. The Labute approximate surface area is 113 Å². The molecule has 0 spiro atoms. The number of piperidine rings is 1. The van der Waals surface area contributed by atoms with Gasteiger partial charge in [-0.3, -0.25) is 4.79 Å². The summed E-state index contributed by atoms with van der Waals surface area (Å²) < 4.78 is 13.7. The molecular weight excluding hydrogens is 243 g/mol. The summed E-state index contributed by atoms with van der Waals surface area (Å²) in [5.41, 5.74) is 0.957. The summed E-state index contributed by atoms with van der Waals surface area (Å²) >= 11 is 0. The molecular formula is C15H21FN2O. The number of carbonyl (C=O) groups excluding carboxylic acids is 1. The number of hydrogen-bond acceptors (Lipinski definition) is 2. The van der Waals surface area contributed by atoms with Crippen LogP contribution in [0.15, 0.2) is 18.2 Å². The van der Waals surface area contributed by atoms with Gasteiger partial charge in [-0.25, -0.2) is 4.39 Å². The summed E-state index contributed by atoms with van der Waals surface area (Å²) in [7, 11) is 2.08. The van der Waals surface area contributed by atoms with Gasteiger partial charge in [0.2, 0.25) is 0 Å². The van der Waals surface area contributed by atoms with E-state index in [0.29, 0.717) is 5.92 Å². The lowest BCUT2D eigenvalue weighted by atomic mass is 9.94. The molecule has 1 aromatic carbocycles. The number of benzene rings is 1. The molecule has 0 radical (unpaired) electrons. The van der Waals surface area contributed by atoms with Crippen molar-refractivity contribution in [1.82, 2.24) is 10.2 Å². The zero-order valence-corrected chi connectivity index (χ0v) is 11.7. The fourth-order valence-electron chi connectivity index (χ4n) is 2.62. The van der Waals surface area contributed by atoms with Gasteiger partial charge in [-0.05, 0) is 50.6 Å². The van der Waals surface area contributed by atoms with E-state index in [9.17, 15) is 9.18 Å². The average Bonchev–Trinajstić information content (AvgIpc) is 2.32. The van der Waals surface area contributed by atoms with Gasteiger partial charge in [0.15, 0.2) is 0 Å². The number of carbonyl (C=O) groups is 1. The van der Waals surface area contributed by atoms with Gasteiger partial charge >= 0.3 is 0 Å². The van der Waals surface area contributed by atoms with Crippen LogP contribution in [-0.4, -0.2) is 37.0 Å². The fraction of sp³-hybridized carbons (Fsp3) is 0.533. The van der Waals surface area contributed by atoms with Crippen LogP contribution in [-0.2, 0) is 0 Å². The van der Waals surface area contributed by atoms with Gasteiger partial charge in [0, 0.05) is 12.6 Å². The van der Waals surface area contributed by atoms with Crippen LogP contribution in [0.1, 0.15) is 29.3 Å². The van der Waals surface area contributed by atoms with E-state index in [-0.39, 0.29) is 17.5 Å². The molecule has 2 atom stereocenters. The standard InChI is InChI=1S/C15H21FN2O/c1-10-4-5-12(13(16)8-10)15(19)17-14-6-7-18(3)9-11(14)2/h4-5,8,11,14H,6-7,9H2,1-3H3,(H,17,19). The molecule has 1 saturated heterocycles. The Morgan fingerprint density at radius 3 is 2.84 bits per heavy atom. The lowest BCUT2D eigenvalue weighted by Gasteiger charge is -2.35. The number of hydrogen-bond donors (Lipinski definition) is 1. The van der Waals surface area contributed by atoms with Gasteiger partial charge in [0.25, 0.3) is 5.91 Å². The third kappa shape index (κ3) is 3.32. The number of nitrogens with one attached hydrogen (secondary N) is 1. The molecule has 0 saturated carbocycles. The average molecular weight is 264 g/mol. The smallest absolute Gasteiger partial charge is 0.254 e. The maximum Gasteiger partial charge on any atom is 0.254 e. The van der Waals surface area contributed by atoms with Crippen LogP contribution in [0.25, 0.3) is 0 Å². The predicted molar refractivity (Wildman–Crippen MR) is 73.7 cm³/mol. The minimum absolute atomic E-state index is 0.129. The molecule has 104 valence electrons. The second-order valence-corrected chi connectivity index (χ2v) is 5.59. The Morgan fingerprint density at radius 1 is 1.47 bits per heavy atom. The Bertz CT molecular complexity index is 475. The first-order valence-corrected chi connectivity index (χ1v) is 6.73. The molecule has 19 heavy (non-hydrogen) atoms. The lowest BCUT2D eigenvalue weighted by Crippen LogP contribution is -2.49. The first-order chi connectivity index (χ1) is 8.97. The number of nitrogens with zero attached hydrogens (tertiary/aromatic N) is 1. The van der Waals surface area contributed by atoms with Crippen LogP contribution >= 0.6 is 0 Å². The van der Waals surface area contributed by atoms with E-state index in [2.05, 4.69) is 24.2 Å². The minimum atomic E-state index is -0.446. The zero-order valence-electron chi connectivity index (χ0n) is 11.7. The topological polar surface area (TPSA) is 32.3 Å². The summed E-state index contributed by atoms with van der Waals surface area (Å²) in [5.74, 6) is -0.367. The van der Waals surface area contributed by atoms with Crippen LogP contribution in [0, 0.1) is 18.7 Å².